The fourth-order valence-corrected chi connectivity index (χ4v) is 3.27. The monoisotopic (exact) mass is 396 g/mol. The lowest BCUT2D eigenvalue weighted by Gasteiger charge is -2.26. The third-order valence-corrected chi connectivity index (χ3v) is 4.80. The summed E-state index contributed by atoms with van der Waals surface area (Å²) in [5, 5.41) is 0. The van der Waals surface area contributed by atoms with Crippen LogP contribution in [0.2, 0.25) is 0 Å². The number of anilines is 2. The molecule has 0 radical (unpaired) electrons. The van der Waals surface area contributed by atoms with Crippen LogP contribution in [0.4, 0.5) is 15.9 Å². The van der Waals surface area contributed by atoms with E-state index in [1.807, 2.05) is 37.3 Å². The highest BCUT2D eigenvalue weighted by atomic mass is 19.1. The van der Waals surface area contributed by atoms with Crippen molar-refractivity contribution in [3.8, 4) is 0 Å². The molecule has 0 amide bonds. The minimum absolute atomic E-state index is 0.0967. The van der Waals surface area contributed by atoms with E-state index in [4.69, 9.17) is 5.73 Å². The van der Waals surface area contributed by atoms with Gasteiger partial charge in [-0.3, -0.25) is 14.3 Å². The Balaban J connectivity index is 2.09. The van der Waals surface area contributed by atoms with Gasteiger partial charge in [-0.05, 0) is 18.1 Å². The molecule has 0 aliphatic carbocycles. The number of benzene rings is 2. The molecule has 6 nitrogen and oxygen atoms in total. The number of H-pyrrole nitrogens is 1. The zero-order chi connectivity index (χ0) is 20.8. The van der Waals surface area contributed by atoms with E-state index in [1.54, 1.807) is 23.1 Å². The van der Waals surface area contributed by atoms with Gasteiger partial charge in [0.25, 0.3) is 5.56 Å². The van der Waals surface area contributed by atoms with Crippen LogP contribution < -0.4 is 21.9 Å². The number of aromatic nitrogens is 2. The molecule has 3 rings (SSSR count). The molecule has 0 unspecified atom stereocenters. The first-order valence-corrected chi connectivity index (χ1v) is 9.66. The minimum Gasteiger partial charge on any atom is -0.383 e. The van der Waals surface area contributed by atoms with Gasteiger partial charge in [-0.15, -0.1) is 0 Å². The molecule has 29 heavy (non-hydrogen) atoms. The fourth-order valence-electron chi connectivity index (χ4n) is 3.27. The average Bonchev–Trinajstić information content (AvgIpc) is 2.70. The first-order chi connectivity index (χ1) is 14.0. The number of rotatable bonds is 8. The van der Waals surface area contributed by atoms with Gasteiger partial charge < -0.3 is 10.6 Å². The third kappa shape index (κ3) is 4.74. The Morgan fingerprint density at radius 3 is 2.41 bits per heavy atom. The van der Waals surface area contributed by atoms with E-state index >= 15 is 0 Å². The van der Waals surface area contributed by atoms with Crippen LogP contribution in [0.5, 0.6) is 0 Å². The van der Waals surface area contributed by atoms with Crippen molar-refractivity contribution in [3.05, 3.63) is 92.4 Å². The van der Waals surface area contributed by atoms with Crippen molar-refractivity contribution < 1.29 is 4.39 Å². The van der Waals surface area contributed by atoms with Crippen molar-refractivity contribution in [2.45, 2.75) is 39.4 Å². The molecule has 0 spiro atoms. The van der Waals surface area contributed by atoms with Crippen LogP contribution in [0, 0.1) is 5.82 Å². The summed E-state index contributed by atoms with van der Waals surface area (Å²) in [6.45, 7) is 2.90. The van der Waals surface area contributed by atoms with Gasteiger partial charge in [-0.25, -0.2) is 9.18 Å². The van der Waals surface area contributed by atoms with Gasteiger partial charge in [0.05, 0.1) is 0 Å². The van der Waals surface area contributed by atoms with Gasteiger partial charge in [0.15, 0.2) is 0 Å². The van der Waals surface area contributed by atoms with E-state index in [9.17, 15) is 14.0 Å². The van der Waals surface area contributed by atoms with Gasteiger partial charge in [-0.1, -0.05) is 61.9 Å². The molecule has 0 saturated carbocycles. The highest BCUT2D eigenvalue weighted by molar-refractivity contribution is 5.62. The van der Waals surface area contributed by atoms with Crippen LogP contribution in [0.1, 0.15) is 30.9 Å². The molecular formula is C22H25FN4O2. The number of halogens is 1. The summed E-state index contributed by atoms with van der Waals surface area (Å²) >= 11 is 0. The van der Waals surface area contributed by atoms with Crippen molar-refractivity contribution in [1.29, 1.82) is 0 Å². The molecule has 0 fully saturated rings. The van der Waals surface area contributed by atoms with Gasteiger partial charge in [0.1, 0.15) is 17.3 Å². The molecular weight excluding hydrogens is 371 g/mol. The topological polar surface area (TPSA) is 84.1 Å². The fraction of sp³-hybridized carbons (Fsp3) is 0.273. The lowest BCUT2D eigenvalue weighted by Crippen LogP contribution is -2.38. The zero-order valence-electron chi connectivity index (χ0n) is 16.4. The van der Waals surface area contributed by atoms with Crippen molar-refractivity contribution in [1.82, 2.24) is 9.55 Å². The lowest BCUT2D eigenvalue weighted by atomic mass is 10.1. The second kappa shape index (κ2) is 9.23. The summed E-state index contributed by atoms with van der Waals surface area (Å²) in [7, 11) is 0. The molecule has 0 bridgehead atoms. The van der Waals surface area contributed by atoms with E-state index in [1.165, 1.54) is 10.6 Å². The summed E-state index contributed by atoms with van der Waals surface area (Å²) in [5.41, 5.74) is 6.72. The lowest BCUT2D eigenvalue weighted by molar-refractivity contribution is 0.594. The first kappa shape index (κ1) is 20.4. The molecule has 1 aromatic heterocycles. The highest BCUT2D eigenvalue weighted by Gasteiger charge is 2.20. The molecule has 2 aromatic carbocycles. The van der Waals surface area contributed by atoms with Gasteiger partial charge in [0.2, 0.25) is 0 Å². The second-order valence-electron chi connectivity index (χ2n) is 6.93. The van der Waals surface area contributed by atoms with Crippen LogP contribution in [0.15, 0.2) is 64.2 Å². The number of aromatic amines is 1. The zero-order valence-corrected chi connectivity index (χ0v) is 16.4. The smallest absolute Gasteiger partial charge is 0.330 e. The minimum atomic E-state index is -0.576. The number of hydrogen-bond donors (Lipinski definition) is 2. The maximum Gasteiger partial charge on any atom is 0.330 e. The highest BCUT2D eigenvalue weighted by Crippen LogP contribution is 2.23. The van der Waals surface area contributed by atoms with Crippen LogP contribution in [-0.4, -0.2) is 9.55 Å². The third-order valence-electron chi connectivity index (χ3n) is 4.80. The van der Waals surface area contributed by atoms with Crippen molar-refractivity contribution in [2.75, 3.05) is 10.6 Å². The molecule has 0 saturated heterocycles. The predicted octanol–water partition coefficient (Wildman–Crippen LogP) is 3.26. The number of hydrogen-bond acceptors (Lipinski definition) is 4. The number of nitrogens with zero attached hydrogens (tertiary/aromatic N) is 2. The van der Waals surface area contributed by atoms with Crippen LogP contribution in [0.25, 0.3) is 0 Å². The standard InChI is InChI=1S/C22H25FN4O2/c1-2-3-13-27-20(24)19(21(28)25-22(27)29)26(14-16-9-5-4-6-10-16)15-17-11-7-8-12-18(17)23/h4-12H,2-3,13-15,24H2,1H3,(H,25,28,29). The molecule has 7 heteroatoms. The molecule has 0 aliphatic heterocycles. The first-order valence-electron chi connectivity index (χ1n) is 9.66. The Morgan fingerprint density at radius 1 is 1.03 bits per heavy atom. The van der Waals surface area contributed by atoms with Crippen LogP contribution >= 0.6 is 0 Å². The van der Waals surface area contributed by atoms with Crippen molar-refractivity contribution in [2.24, 2.45) is 0 Å². The van der Waals surface area contributed by atoms with Gasteiger partial charge >= 0.3 is 5.69 Å². The van der Waals surface area contributed by atoms with Gasteiger partial charge in [-0.2, -0.15) is 0 Å². The second-order valence-corrected chi connectivity index (χ2v) is 6.93. The normalized spacial score (nSPS) is 10.8. The molecule has 0 atom stereocenters. The molecule has 1 heterocycles. The van der Waals surface area contributed by atoms with E-state index < -0.39 is 11.2 Å². The average molecular weight is 396 g/mol. The van der Waals surface area contributed by atoms with E-state index in [0.717, 1.165) is 18.4 Å². The molecule has 152 valence electrons. The number of nitrogen functional groups attached to an aromatic ring is 1. The van der Waals surface area contributed by atoms with Crippen LogP contribution in [0.3, 0.4) is 0 Å². The van der Waals surface area contributed by atoms with Crippen LogP contribution in [-0.2, 0) is 19.6 Å². The summed E-state index contributed by atoms with van der Waals surface area (Å²) in [4.78, 5) is 29.0. The Hall–Kier alpha value is -3.35. The SMILES string of the molecule is CCCCn1c(N)c(N(Cc2ccccc2)Cc2ccccc2F)c(=O)[nH]c1=O. The Morgan fingerprint density at radius 2 is 1.72 bits per heavy atom. The van der Waals surface area contributed by atoms with E-state index in [-0.39, 0.29) is 23.9 Å². The Labute approximate surface area is 168 Å². The summed E-state index contributed by atoms with van der Waals surface area (Å²) in [6.07, 6.45) is 1.63. The Kier molecular flexibility index (Phi) is 6.49. The largest absolute Gasteiger partial charge is 0.383 e. The van der Waals surface area contributed by atoms with Crippen molar-refractivity contribution in [3.63, 3.8) is 0 Å². The Bertz CT molecular complexity index is 1080. The quantitative estimate of drug-likeness (QED) is 0.612. The number of nitrogens with two attached hydrogens (primary N) is 1. The number of nitrogens with one attached hydrogen (secondary N) is 1. The summed E-state index contributed by atoms with van der Waals surface area (Å²) in [6, 6.07) is 15.9. The molecule has 0 aliphatic rings. The maximum atomic E-state index is 14.3. The molecule has 3 N–H and O–H groups in total. The summed E-state index contributed by atoms with van der Waals surface area (Å²) < 4.78 is 15.7. The van der Waals surface area contributed by atoms with Gasteiger partial charge in [0, 0.05) is 25.2 Å². The summed E-state index contributed by atoms with van der Waals surface area (Å²) in [5.74, 6) is -0.265. The van der Waals surface area contributed by atoms with E-state index in [0.29, 0.717) is 18.7 Å². The van der Waals surface area contributed by atoms with Crippen molar-refractivity contribution >= 4 is 11.5 Å². The predicted molar refractivity (Wildman–Crippen MR) is 113 cm³/mol. The molecule has 3 aromatic rings. The maximum absolute atomic E-state index is 14.3. The number of unbranched alkanes of at least 4 members (excludes halogenated alkanes) is 1. The van der Waals surface area contributed by atoms with E-state index in [2.05, 4.69) is 4.98 Å².